The number of benzene rings is 1. The number of carbonyl (C=O) groups excluding carboxylic acids is 1. The van der Waals surface area contributed by atoms with Gasteiger partial charge in [-0.25, -0.2) is 4.79 Å². The maximum Gasteiger partial charge on any atom is 0.321 e. The molecule has 1 aliphatic rings. The Hall–Kier alpha value is -2.04. The molecule has 5 heteroatoms. The highest BCUT2D eigenvalue weighted by Gasteiger charge is 2.37. The first-order chi connectivity index (χ1) is 9.93. The Bertz CT molecular complexity index is 550. The molecule has 2 amide bonds. The van der Waals surface area contributed by atoms with Crippen LogP contribution in [-0.4, -0.2) is 35.1 Å². The van der Waals surface area contributed by atoms with Gasteiger partial charge in [0.2, 0.25) is 0 Å². The summed E-state index contributed by atoms with van der Waals surface area (Å²) in [6, 6.07) is 5.82. The Balaban J connectivity index is 1.97. The van der Waals surface area contributed by atoms with Crippen molar-refractivity contribution < 1.29 is 14.7 Å². The molecule has 5 nitrogen and oxygen atoms in total. The van der Waals surface area contributed by atoms with Gasteiger partial charge in [-0.05, 0) is 24.5 Å². The molecule has 0 spiro atoms. The molecule has 2 N–H and O–H groups in total. The van der Waals surface area contributed by atoms with Gasteiger partial charge in [0.1, 0.15) is 0 Å². The summed E-state index contributed by atoms with van der Waals surface area (Å²) < 4.78 is 0. The largest absolute Gasteiger partial charge is 0.481 e. The van der Waals surface area contributed by atoms with Crippen molar-refractivity contribution in [3.63, 3.8) is 0 Å². The van der Waals surface area contributed by atoms with E-state index in [1.807, 2.05) is 25.1 Å². The van der Waals surface area contributed by atoms with Gasteiger partial charge >= 0.3 is 12.0 Å². The first kappa shape index (κ1) is 15.4. The highest BCUT2D eigenvalue weighted by Crippen LogP contribution is 2.26. The maximum atomic E-state index is 12.2. The molecule has 1 saturated heterocycles. The topological polar surface area (TPSA) is 69.6 Å². The Morgan fingerprint density at radius 3 is 2.67 bits per heavy atom. The third-order valence-electron chi connectivity index (χ3n) is 4.27. The van der Waals surface area contributed by atoms with E-state index in [1.54, 1.807) is 11.8 Å². The zero-order valence-corrected chi connectivity index (χ0v) is 12.7. The third-order valence-corrected chi connectivity index (χ3v) is 4.27. The van der Waals surface area contributed by atoms with Crippen LogP contribution in [-0.2, 0) is 11.2 Å². The quantitative estimate of drug-likeness (QED) is 0.895. The van der Waals surface area contributed by atoms with Crippen molar-refractivity contribution in [3.8, 4) is 0 Å². The molecule has 2 rings (SSSR count). The van der Waals surface area contributed by atoms with E-state index in [0.717, 1.165) is 23.2 Å². The monoisotopic (exact) mass is 290 g/mol. The second kappa shape index (κ2) is 6.16. The van der Waals surface area contributed by atoms with Crippen LogP contribution in [0, 0.1) is 18.8 Å². The fourth-order valence-corrected chi connectivity index (χ4v) is 2.58. The summed E-state index contributed by atoms with van der Waals surface area (Å²) in [5, 5.41) is 11.9. The minimum atomic E-state index is -0.799. The second-order valence-corrected chi connectivity index (χ2v) is 5.68. The maximum absolute atomic E-state index is 12.2. The molecule has 21 heavy (non-hydrogen) atoms. The number of nitrogens with one attached hydrogen (secondary N) is 1. The third kappa shape index (κ3) is 3.17. The predicted octanol–water partition coefficient (Wildman–Crippen LogP) is 2.74. The van der Waals surface area contributed by atoms with E-state index in [4.69, 9.17) is 5.11 Å². The van der Waals surface area contributed by atoms with E-state index >= 15 is 0 Å². The van der Waals surface area contributed by atoms with E-state index in [-0.39, 0.29) is 11.9 Å². The van der Waals surface area contributed by atoms with Crippen molar-refractivity contribution in [2.24, 2.45) is 11.8 Å². The smallest absolute Gasteiger partial charge is 0.321 e. The lowest BCUT2D eigenvalue weighted by Gasteiger charge is -2.41. The molecule has 0 aromatic heterocycles. The number of aryl methyl sites for hydroxylation is 2. The molecular weight excluding hydrogens is 268 g/mol. The van der Waals surface area contributed by atoms with Gasteiger partial charge < -0.3 is 15.3 Å². The van der Waals surface area contributed by atoms with Crippen molar-refractivity contribution in [1.29, 1.82) is 0 Å². The fraction of sp³-hybridized carbons (Fsp3) is 0.500. The number of anilines is 1. The number of nitrogens with zero attached hydrogens (tertiary/aromatic N) is 1. The summed E-state index contributed by atoms with van der Waals surface area (Å²) in [6.07, 6.45) is 0.857. The summed E-state index contributed by atoms with van der Waals surface area (Å²) in [5.74, 6) is -1.15. The first-order valence-electron chi connectivity index (χ1n) is 7.31. The zero-order chi connectivity index (χ0) is 15.6. The number of rotatable bonds is 4. The van der Waals surface area contributed by atoms with Gasteiger partial charge in [-0.3, -0.25) is 4.79 Å². The number of likely N-dealkylation sites (tertiary alicyclic amines) is 1. The van der Waals surface area contributed by atoms with Gasteiger partial charge in [-0.2, -0.15) is 0 Å². The predicted molar refractivity (Wildman–Crippen MR) is 81.4 cm³/mol. The molecule has 0 bridgehead atoms. The molecule has 114 valence electrons. The van der Waals surface area contributed by atoms with Crippen molar-refractivity contribution in [2.45, 2.75) is 27.2 Å². The molecule has 0 radical (unpaired) electrons. The van der Waals surface area contributed by atoms with Crippen LogP contribution < -0.4 is 5.32 Å². The normalized spacial score (nSPS) is 16.2. The molecule has 1 aromatic rings. The number of urea groups is 1. The summed E-state index contributed by atoms with van der Waals surface area (Å²) in [6.45, 7) is 6.73. The summed E-state index contributed by atoms with van der Waals surface area (Å²) in [5.41, 5.74) is 3.03. The molecule has 1 atom stereocenters. The van der Waals surface area contributed by atoms with Crippen LogP contribution in [0.1, 0.15) is 25.0 Å². The molecule has 1 fully saturated rings. The van der Waals surface area contributed by atoms with E-state index in [9.17, 15) is 9.59 Å². The van der Waals surface area contributed by atoms with Crippen LogP contribution in [0.3, 0.4) is 0 Å². The number of carbonyl (C=O) groups is 2. The minimum absolute atomic E-state index is 0.0516. The van der Waals surface area contributed by atoms with E-state index in [1.165, 1.54) is 0 Å². The Morgan fingerprint density at radius 1 is 1.43 bits per heavy atom. The lowest BCUT2D eigenvalue weighted by Crippen LogP contribution is -2.54. The lowest BCUT2D eigenvalue weighted by molar-refractivity contribution is -0.144. The average molecular weight is 290 g/mol. The molecule has 1 aliphatic heterocycles. The van der Waals surface area contributed by atoms with Gasteiger partial charge in [0, 0.05) is 24.7 Å². The number of para-hydroxylation sites is 1. The Kier molecular flexibility index (Phi) is 4.50. The van der Waals surface area contributed by atoms with Gasteiger partial charge in [0.15, 0.2) is 0 Å². The van der Waals surface area contributed by atoms with Crippen LogP contribution in [0.2, 0.25) is 0 Å². The Labute approximate surface area is 125 Å². The van der Waals surface area contributed by atoms with Gasteiger partial charge in [0.05, 0.1) is 5.92 Å². The van der Waals surface area contributed by atoms with Crippen LogP contribution in [0.4, 0.5) is 10.5 Å². The van der Waals surface area contributed by atoms with Crippen molar-refractivity contribution in [3.05, 3.63) is 29.3 Å². The SMILES string of the molecule is CCc1cccc(C)c1NC(=O)N1CC(C(C)C(=O)O)C1. The molecular formula is C16H22N2O3. The lowest BCUT2D eigenvalue weighted by atomic mass is 9.87. The summed E-state index contributed by atoms with van der Waals surface area (Å²) in [7, 11) is 0. The molecule has 1 unspecified atom stereocenters. The summed E-state index contributed by atoms with van der Waals surface area (Å²) >= 11 is 0. The second-order valence-electron chi connectivity index (χ2n) is 5.68. The highest BCUT2D eigenvalue weighted by atomic mass is 16.4. The zero-order valence-electron chi connectivity index (χ0n) is 12.7. The van der Waals surface area contributed by atoms with Gasteiger partial charge in [-0.1, -0.05) is 32.0 Å². The number of amides is 2. The van der Waals surface area contributed by atoms with Crippen molar-refractivity contribution in [1.82, 2.24) is 4.90 Å². The van der Waals surface area contributed by atoms with Crippen molar-refractivity contribution >= 4 is 17.7 Å². The average Bonchev–Trinajstić information content (AvgIpc) is 2.39. The number of hydrogen-bond donors (Lipinski definition) is 2. The number of hydrogen-bond acceptors (Lipinski definition) is 2. The number of carboxylic acid groups (broad SMARTS) is 1. The number of aliphatic carboxylic acids is 1. The van der Waals surface area contributed by atoms with Crippen LogP contribution in [0.5, 0.6) is 0 Å². The van der Waals surface area contributed by atoms with Crippen LogP contribution in [0.15, 0.2) is 18.2 Å². The Morgan fingerprint density at radius 2 is 2.10 bits per heavy atom. The standard InChI is InChI=1S/C16H22N2O3/c1-4-12-7-5-6-10(2)14(12)17-16(21)18-8-13(9-18)11(3)15(19)20/h5-7,11,13H,4,8-9H2,1-3H3,(H,17,21)(H,19,20). The van der Waals surface area contributed by atoms with E-state index < -0.39 is 11.9 Å². The van der Waals surface area contributed by atoms with E-state index in [0.29, 0.717) is 13.1 Å². The summed E-state index contributed by atoms with van der Waals surface area (Å²) in [4.78, 5) is 24.8. The van der Waals surface area contributed by atoms with Crippen LogP contribution >= 0.6 is 0 Å². The van der Waals surface area contributed by atoms with E-state index in [2.05, 4.69) is 12.2 Å². The fourth-order valence-electron chi connectivity index (χ4n) is 2.58. The van der Waals surface area contributed by atoms with Gasteiger partial charge in [-0.15, -0.1) is 0 Å². The first-order valence-corrected chi connectivity index (χ1v) is 7.31. The number of carboxylic acids is 1. The van der Waals surface area contributed by atoms with Crippen LogP contribution in [0.25, 0.3) is 0 Å². The highest BCUT2D eigenvalue weighted by molar-refractivity contribution is 5.91. The molecule has 1 heterocycles. The van der Waals surface area contributed by atoms with Crippen molar-refractivity contribution in [2.75, 3.05) is 18.4 Å². The molecule has 1 aromatic carbocycles. The minimum Gasteiger partial charge on any atom is -0.481 e. The molecule has 0 saturated carbocycles. The van der Waals surface area contributed by atoms with Gasteiger partial charge in [0.25, 0.3) is 0 Å². The molecule has 0 aliphatic carbocycles.